The van der Waals surface area contributed by atoms with E-state index in [0.717, 1.165) is 32.5 Å². The first-order valence-electron chi connectivity index (χ1n) is 6.88. The van der Waals surface area contributed by atoms with Crippen molar-refractivity contribution in [3.05, 3.63) is 18.2 Å². The van der Waals surface area contributed by atoms with E-state index in [1.165, 1.54) is 31.4 Å². The maximum Gasteiger partial charge on any atom is 0.0923 e. The third-order valence-electron chi connectivity index (χ3n) is 2.79. The Morgan fingerprint density at radius 1 is 1.17 bits per heavy atom. The number of aromatic amines is 1. The van der Waals surface area contributed by atoms with Crippen LogP contribution in [-0.4, -0.2) is 23.2 Å². The summed E-state index contributed by atoms with van der Waals surface area (Å²) in [5, 5.41) is 0. The predicted molar refractivity (Wildman–Crippen MR) is 74.3 cm³/mol. The maximum absolute atomic E-state index is 5.55. The van der Waals surface area contributed by atoms with Gasteiger partial charge in [-0.2, -0.15) is 0 Å². The monoisotopic (exact) mass is 248 g/mol. The standard InChI is InChI=1S/C15H24N2O/c1-2-3-4-8-11-18-12-9-6-5-7-10-15-13-16-14-17-15/h13-14H,4-12H2,1H3,(H,16,17). The van der Waals surface area contributed by atoms with Gasteiger partial charge in [-0.25, -0.2) is 4.98 Å². The molecule has 0 amide bonds. The predicted octanol–water partition coefficient (Wildman–Crippen LogP) is 3.33. The molecule has 1 rings (SSSR count). The van der Waals surface area contributed by atoms with Crippen LogP contribution in [-0.2, 0) is 11.2 Å². The molecule has 0 spiro atoms. The topological polar surface area (TPSA) is 37.9 Å². The van der Waals surface area contributed by atoms with Crippen molar-refractivity contribution in [3.63, 3.8) is 0 Å². The summed E-state index contributed by atoms with van der Waals surface area (Å²) >= 11 is 0. The van der Waals surface area contributed by atoms with E-state index in [0.29, 0.717) is 0 Å². The van der Waals surface area contributed by atoms with Crippen LogP contribution in [0.5, 0.6) is 0 Å². The number of aryl methyl sites for hydroxylation is 1. The lowest BCUT2D eigenvalue weighted by atomic mass is 10.1. The lowest BCUT2D eigenvalue weighted by Crippen LogP contribution is -1.97. The Hall–Kier alpha value is -1.27. The molecule has 0 atom stereocenters. The Balaban J connectivity index is 1.77. The van der Waals surface area contributed by atoms with Crippen LogP contribution >= 0.6 is 0 Å². The lowest BCUT2D eigenvalue weighted by molar-refractivity contribution is 0.128. The van der Waals surface area contributed by atoms with Crippen molar-refractivity contribution < 1.29 is 4.74 Å². The quantitative estimate of drug-likeness (QED) is 0.509. The number of H-pyrrole nitrogens is 1. The zero-order valence-electron chi connectivity index (χ0n) is 11.4. The molecule has 0 radical (unpaired) electrons. The van der Waals surface area contributed by atoms with Gasteiger partial charge in [0.05, 0.1) is 12.0 Å². The summed E-state index contributed by atoms with van der Waals surface area (Å²) in [4.78, 5) is 7.19. The molecule has 0 saturated carbocycles. The van der Waals surface area contributed by atoms with Gasteiger partial charge in [0.15, 0.2) is 0 Å². The van der Waals surface area contributed by atoms with E-state index < -0.39 is 0 Å². The second kappa shape index (κ2) is 10.9. The molecule has 0 unspecified atom stereocenters. The zero-order chi connectivity index (χ0) is 12.9. The molecule has 1 N–H and O–H groups in total. The van der Waals surface area contributed by atoms with Crippen molar-refractivity contribution in [1.29, 1.82) is 0 Å². The molecule has 0 aromatic carbocycles. The normalized spacial score (nSPS) is 10.1. The highest BCUT2D eigenvalue weighted by Crippen LogP contribution is 2.05. The molecule has 0 aliphatic rings. The summed E-state index contributed by atoms with van der Waals surface area (Å²) in [7, 11) is 0. The zero-order valence-corrected chi connectivity index (χ0v) is 11.4. The highest BCUT2D eigenvalue weighted by molar-refractivity contribution is 4.94. The first-order chi connectivity index (χ1) is 8.93. The molecule has 3 nitrogen and oxygen atoms in total. The molecular weight excluding hydrogens is 224 g/mol. The summed E-state index contributed by atoms with van der Waals surface area (Å²) in [5.74, 6) is 5.93. The van der Waals surface area contributed by atoms with E-state index in [1.807, 2.05) is 13.1 Å². The van der Waals surface area contributed by atoms with Gasteiger partial charge in [-0.15, -0.1) is 11.8 Å². The second-order valence-electron chi connectivity index (χ2n) is 4.37. The van der Waals surface area contributed by atoms with Gasteiger partial charge in [-0.05, 0) is 32.6 Å². The van der Waals surface area contributed by atoms with E-state index in [-0.39, 0.29) is 0 Å². The maximum atomic E-state index is 5.55. The molecule has 1 aromatic heterocycles. The third-order valence-corrected chi connectivity index (χ3v) is 2.79. The molecule has 100 valence electrons. The van der Waals surface area contributed by atoms with Gasteiger partial charge in [0.25, 0.3) is 0 Å². The first kappa shape index (κ1) is 14.8. The number of ether oxygens (including phenoxy) is 1. The van der Waals surface area contributed by atoms with E-state index in [1.54, 1.807) is 6.33 Å². The molecule has 0 aliphatic carbocycles. The van der Waals surface area contributed by atoms with Gasteiger partial charge in [0.2, 0.25) is 0 Å². The highest BCUT2D eigenvalue weighted by atomic mass is 16.5. The lowest BCUT2D eigenvalue weighted by Gasteiger charge is -2.02. The van der Waals surface area contributed by atoms with Crippen LogP contribution < -0.4 is 0 Å². The van der Waals surface area contributed by atoms with E-state index in [4.69, 9.17) is 4.74 Å². The number of imidazole rings is 1. The van der Waals surface area contributed by atoms with Crippen molar-refractivity contribution >= 4 is 0 Å². The molecule has 0 bridgehead atoms. The van der Waals surface area contributed by atoms with E-state index in [2.05, 4.69) is 21.8 Å². The minimum atomic E-state index is 0.849. The van der Waals surface area contributed by atoms with Gasteiger partial charge >= 0.3 is 0 Å². The Bertz CT molecular complexity index is 335. The third kappa shape index (κ3) is 7.92. The molecule has 18 heavy (non-hydrogen) atoms. The van der Waals surface area contributed by atoms with Crippen LogP contribution in [0.25, 0.3) is 0 Å². The fourth-order valence-corrected chi connectivity index (χ4v) is 1.78. The van der Waals surface area contributed by atoms with Gasteiger partial charge < -0.3 is 9.72 Å². The van der Waals surface area contributed by atoms with Crippen molar-refractivity contribution in [2.45, 2.75) is 51.9 Å². The smallest absolute Gasteiger partial charge is 0.0923 e. The Morgan fingerprint density at radius 3 is 2.78 bits per heavy atom. The van der Waals surface area contributed by atoms with Crippen LogP contribution in [0.15, 0.2) is 12.5 Å². The van der Waals surface area contributed by atoms with Crippen LogP contribution in [0.1, 0.15) is 51.1 Å². The SMILES string of the molecule is CC#CCCCOCCCCCCc1c[nH]cn1. The van der Waals surface area contributed by atoms with Crippen molar-refractivity contribution in [3.8, 4) is 11.8 Å². The molecular formula is C15H24N2O. The van der Waals surface area contributed by atoms with E-state index >= 15 is 0 Å². The van der Waals surface area contributed by atoms with Crippen LogP contribution in [0.3, 0.4) is 0 Å². The summed E-state index contributed by atoms with van der Waals surface area (Å²) in [6.07, 6.45) is 11.7. The minimum Gasteiger partial charge on any atom is -0.381 e. The molecule has 1 aromatic rings. The molecule has 0 saturated heterocycles. The Kier molecular flexibility index (Phi) is 8.92. The largest absolute Gasteiger partial charge is 0.381 e. The molecule has 0 aliphatic heterocycles. The summed E-state index contributed by atoms with van der Waals surface area (Å²) < 4.78 is 5.55. The van der Waals surface area contributed by atoms with E-state index in [9.17, 15) is 0 Å². The van der Waals surface area contributed by atoms with Gasteiger partial charge in [-0.1, -0.05) is 12.8 Å². The van der Waals surface area contributed by atoms with Crippen LogP contribution in [0.2, 0.25) is 0 Å². The number of hydrogen-bond acceptors (Lipinski definition) is 2. The van der Waals surface area contributed by atoms with Crippen LogP contribution in [0.4, 0.5) is 0 Å². The average molecular weight is 248 g/mol. The molecule has 0 fully saturated rings. The van der Waals surface area contributed by atoms with Crippen molar-refractivity contribution in [1.82, 2.24) is 9.97 Å². The Morgan fingerprint density at radius 2 is 2.00 bits per heavy atom. The van der Waals surface area contributed by atoms with Gasteiger partial charge in [0, 0.05) is 25.8 Å². The Labute approximate surface area is 110 Å². The minimum absolute atomic E-state index is 0.849. The van der Waals surface area contributed by atoms with Crippen molar-refractivity contribution in [2.24, 2.45) is 0 Å². The summed E-state index contributed by atoms with van der Waals surface area (Å²) in [5.41, 5.74) is 1.17. The number of unbranched alkanes of at least 4 members (excludes halogenated alkanes) is 4. The van der Waals surface area contributed by atoms with Gasteiger partial charge in [0.1, 0.15) is 0 Å². The fraction of sp³-hybridized carbons (Fsp3) is 0.667. The van der Waals surface area contributed by atoms with Gasteiger partial charge in [-0.3, -0.25) is 0 Å². The average Bonchev–Trinajstić information content (AvgIpc) is 2.89. The number of aromatic nitrogens is 2. The number of nitrogens with one attached hydrogen (secondary N) is 1. The summed E-state index contributed by atoms with van der Waals surface area (Å²) in [6.45, 7) is 3.62. The first-order valence-corrected chi connectivity index (χ1v) is 6.88. The van der Waals surface area contributed by atoms with Crippen molar-refractivity contribution in [2.75, 3.05) is 13.2 Å². The fourth-order valence-electron chi connectivity index (χ4n) is 1.78. The molecule has 1 heterocycles. The number of nitrogens with zero attached hydrogens (tertiary/aromatic N) is 1. The number of rotatable bonds is 10. The van der Waals surface area contributed by atoms with Crippen LogP contribution in [0, 0.1) is 11.8 Å². The number of hydrogen-bond donors (Lipinski definition) is 1. The summed E-state index contributed by atoms with van der Waals surface area (Å²) in [6, 6.07) is 0. The second-order valence-corrected chi connectivity index (χ2v) is 4.37. The highest BCUT2D eigenvalue weighted by Gasteiger charge is 1.95. The molecule has 3 heteroatoms.